The van der Waals surface area contributed by atoms with Crippen molar-refractivity contribution in [2.75, 3.05) is 18.9 Å². The average Bonchev–Trinajstić information content (AvgIpc) is 3.54. The Morgan fingerprint density at radius 2 is 1.86 bits per heavy atom. The number of hydrogen-bond acceptors (Lipinski definition) is 7. The lowest BCUT2D eigenvalue weighted by Gasteiger charge is -2.25. The van der Waals surface area contributed by atoms with E-state index in [4.69, 9.17) is 4.74 Å². The van der Waals surface area contributed by atoms with Crippen molar-refractivity contribution in [1.82, 2.24) is 15.5 Å². The molecule has 2 atom stereocenters. The third kappa shape index (κ3) is 5.50. The Bertz CT molecular complexity index is 1210. The molecule has 9 nitrogen and oxygen atoms in total. The molecule has 3 aliphatic heterocycles. The number of aliphatic imine (C=N–C) groups is 2. The fraction of sp³-hybridized carbons (Fsp3) is 0.346. The van der Waals surface area contributed by atoms with E-state index < -0.39 is 6.04 Å². The second-order valence-corrected chi connectivity index (χ2v) is 9.69. The molecule has 2 N–H and O–H groups in total. The van der Waals surface area contributed by atoms with E-state index in [0.29, 0.717) is 29.8 Å². The lowest BCUT2D eigenvalue weighted by molar-refractivity contribution is -0.128. The Kier molecular flexibility index (Phi) is 7.43. The van der Waals surface area contributed by atoms with E-state index in [1.807, 2.05) is 54.6 Å². The fourth-order valence-electron chi connectivity index (χ4n) is 4.29. The van der Waals surface area contributed by atoms with Gasteiger partial charge >= 0.3 is 0 Å². The first kappa shape index (κ1) is 24.2. The smallest absolute Gasteiger partial charge is 0.259 e. The Hall–Kier alpha value is -3.50. The van der Waals surface area contributed by atoms with Crippen LogP contribution in [0.25, 0.3) is 0 Å². The van der Waals surface area contributed by atoms with Crippen LogP contribution in [-0.4, -0.2) is 64.7 Å². The van der Waals surface area contributed by atoms with Gasteiger partial charge in [0, 0.05) is 25.3 Å². The molecule has 3 heterocycles. The molecular formula is C26H27N5O4S. The molecule has 3 amide bonds. The summed E-state index contributed by atoms with van der Waals surface area (Å²) < 4.78 is 5.55. The highest BCUT2D eigenvalue weighted by Crippen LogP contribution is 2.34. The molecule has 0 bridgehead atoms. The van der Waals surface area contributed by atoms with Gasteiger partial charge in [0.1, 0.15) is 11.9 Å². The number of ether oxygens (including phenoxy) is 1. The molecule has 1 saturated heterocycles. The number of fused-ring (bicyclic) bond motifs is 3. The van der Waals surface area contributed by atoms with E-state index in [-0.39, 0.29) is 36.0 Å². The number of para-hydroxylation sites is 1. The number of carbonyl (C=O) groups is 3. The van der Waals surface area contributed by atoms with Crippen LogP contribution in [0.5, 0.6) is 0 Å². The van der Waals surface area contributed by atoms with Gasteiger partial charge in [-0.3, -0.25) is 19.4 Å². The molecule has 186 valence electrons. The number of benzene rings is 2. The number of amides is 3. The first-order valence-corrected chi connectivity index (χ1v) is 13.0. The van der Waals surface area contributed by atoms with Crippen LogP contribution < -0.4 is 10.6 Å². The SMILES string of the molecule is O=C(CSC1=Nc2ccccc2C2=NC(CC(=O)NCc3ccccc3)C(=O)N12)NCC1CCCO1. The van der Waals surface area contributed by atoms with Crippen LogP contribution in [0.2, 0.25) is 0 Å². The van der Waals surface area contributed by atoms with Crippen LogP contribution in [0.15, 0.2) is 64.6 Å². The Morgan fingerprint density at radius 1 is 1.06 bits per heavy atom. The largest absolute Gasteiger partial charge is 0.376 e. The number of nitrogens with zero attached hydrogens (tertiary/aromatic N) is 3. The number of nitrogens with one attached hydrogen (secondary N) is 2. The van der Waals surface area contributed by atoms with E-state index in [0.717, 1.165) is 30.6 Å². The minimum Gasteiger partial charge on any atom is -0.376 e. The van der Waals surface area contributed by atoms with Crippen molar-refractivity contribution in [3.8, 4) is 0 Å². The standard InChI is InChI=1S/C26H27N5O4S/c32-22(27-14-17-7-2-1-3-8-17)13-21-25(34)31-24(29-21)19-10-4-5-11-20(19)30-26(31)36-16-23(33)28-15-18-9-6-12-35-18/h1-5,7-8,10-11,18,21H,6,9,12-16H2,(H,27,32)(H,28,33). The molecule has 5 rings (SSSR count). The number of rotatable bonds is 8. The summed E-state index contributed by atoms with van der Waals surface area (Å²) in [6.07, 6.45) is 1.95. The molecule has 10 heteroatoms. The van der Waals surface area contributed by atoms with Gasteiger partial charge in [-0.05, 0) is 30.5 Å². The molecule has 0 aliphatic carbocycles. The normalized spacial score (nSPS) is 20.3. The molecule has 2 unspecified atom stereocenters. The van der Waals surface area contributed by atoms with E-state index in [9.17, 15) is 14.4 Å². The minimum absolute atomic E-state index is 0.0607. The maximum atomic E-state index is 13.3. The molecule has 36 heavy (non-hydrogen) atoms. The molecule has 0 radical (unpaired) electrons. The fourth-order valence-corrected chi connectivity index (χ4v) is 5.12. The number of carbonyl (C=O) groups excluding carboxylic acids is 3. The van der Waals surface area contributed by atoms with Gasteiger partial charge in [0.2, 0.25) is 11.8 Å². The molecule has 2 aromatic carbocycles. The second kappa shape index (κ2) is 11.0. The summed E-state index contributed by atoms with van der Waals surface area (Å²) in [5.41, 5.74) is 2.38. The van der Waals surface area contributed by atoms with E-state index in [1.54, 1.807) is 0 Å². The Morgan fingerprint density at radius 3 is 2.67 bits per heavy atom. The molecular weight excluding hydrogens is 478 g/mol. The Labute approximate surface area is 213 Å². The van der Waals surface area contributed by atoms with Crippen molar-refractivity contribution >= 4 is 46.2 Å². The molecule has 0 saturated carbocycles. The van der Waals surface area contributed by atoms with Crippen molar-refractivity contribution in [1.29, 1.82) is 0 Å². The maximum absolute atomic E-state index is 13.3. The summed E-state index contributed by atoms with van der Waals surface area (Å²) >= 11 is 1.18. The highest BCUT2D eigenvalue weighted by Gasteiger charge is 2.42. The van der Waals surface area contributed by atoms with Crippen molar-refractivity contribution in [2.24, 2.45) is 9.98 Å². The highest BCUT2D eigenvalue weighted by molar-refractivity contribution is 8.14. The summed E-state index contributed by atoms with van der Waals surface area (Å²) in [6.45, 7) is 1.59. The summed E-state index contributed by atoms with van der Waals surface area (Å²) in [7, 11) is 0. The lowest BCUT2D eigenvalue weighted by Crippen LogP contribution is -2.42. The third-order valence-electron chi connectivity index (χ3n) is 6.14. The number of hydrogen-bond donors (Lipinski definition) is 2. The van der Waals surface area contributed by atoms with E-state index in [2.05, 4.69) is 20.6 Å². The van der Waals surface area contributed by atoms with E-state index >= 15 is 0 Å². The average molecular weight is 506 g/mol. The van der Waals surface area contributed by atoms with E-state index in [1.165, 1.54) is 16.7 Å². The third-order valence-corrected chi connectivity index (χ3v) is 7.08. The van der Waals surface area contributed by atoms with Crippen LogP contribution in [0.3, 0.4) is 0 Å². The van der Waals surface area contributed by atoms with Gasteiger partial charge in [0.05, 0.1) is 24.0 Å². The van der Waals surface area contributed by atoms with Gasteiger partial charge < -0.3 is 15.4 Å². The van der Waals surface area contributed by atoms with Gasteiger partial charge in [-0.1, -0.05) is 54.2 Å². The molecule has 3 aliphatic rings. The topological polar surface area (TPSA) is 112 Å². The van der Waals surface area contributed by atoms with Gasteiger partial charge in [0.25, 0.3) is 5.91 Å². The molecule has 2 aromatic rings. The highest BCUT2D eigenvalue weighted by atomic mass is 32.2. The molecule has 0 aromatic heterocycles. The second-order valence-electron chi connectivity index (χ2n) is 8.75. The van der Waals surface area contributed by atoms with Crippen molar-refractivity contribution in [3.63, 3.8) is 0 Å². The molecule has 0 spiro atoms. The van der Waals surface area contributed by atoms with Gasteiger partial charge in [-0.15, -0.1) is 0 Å². The van der Waals surface area contributed by atoms with Crippen LogP contribution in [0.1, 0.15) is 30.4 Å². The van der Waals surface area contributed by atoms with Crippen molar-refractivity contribution in [3.05, 3.63) is 65.7 Å². The summed E-state index contributed by atoms with van der Waals surface area (Å²) in [4.78, 5) is 49.1. The van der Waals surface area contributed by atoms with Crippen LogP contribution in [0.4, 0.5) is 5.69 Å². The predicted molar refractivity (Wildman–Crippen MR) is 138 cm³/mol. The monoisotopic (exact) mass is 505 g/mol. The lowest BCUT2D eigenvalue weighted by atomic mass is 10.1. The van der Waals surface area contributed by atoms with Gasteiger partial charge in [-0.2, -0.15) is 0 Å². The minimum atomic E-state index is -0.846. The van der Waals surface area contributed by atoms with Gasteiger partial charge in [0.15, 0.2) is 5.17 Å². The summed E-state index contributed by atoms with van der Waals surface area (Å²) in [5.74, 6) is -0.157. The van der Waals surface area contributed by atoms with Crippen molar-refractivity contribution in [2.45, 2.75) is 38.0 Å². The predicted octanol–water partition coefficient (Wildman–Crippen LogP) is 2.38. The van der Waals surface area contributed by atoms with Crippen LogP contribution in [0, 0.1) is 0 Å². The van der Waals surface area contributed by atoms with Gasteiger partial charge in [-0.25, -0.2) is 9.89 Å². The number of thioether (sulfide) groups is 1. The summed E-state index contributed by atoms with van der Waals surface area (Å²) in [5, 5.41) is 6.13. The first-order chi connectivity index (χ1) is 17.6. The first-order valence-electron chi connectivity index (χ1n) is 12.0. The maximum Gasteiger partial charge on any atom is 0.259 e. The molecule has 1 fully saturated rings. The Balaban J connectivity index is 1.24. The number of amidine groups is 2. The zero-order valence-electron chi connectivity index (χ0n) is 19.7. The zero-order valence-corrected chi connectivity index (χ0v) is 20.5. The quantitative estimate of drug-likeness (QED) is 0.572. The zero-order chi connectivity index (χ0) is 24.9. The van der Waals surface area contributed by atoms with Crippen LogP contribution in [-0.2, 0) is 25.7 Å². The van der Waals surface area contributed by atoms with Crippen molar-refractivity contribution < 1.29 is 19.1 Å². The van der Waals surface area contributed by atoms with Crippen LogP contribution >= 0.6 is 11.8 Å². The summed E-state index contributed by atoms with van der Waals surface area (Å²) in [6, 6.07) is 16.2.